The van der Waals surface area contributed by atoms with Gasteiger partial charge in [0.2, 0.25) is 0 Å². The monoisotopic (exact) mass is 244 g/mol. The number of nitrogens with zero attached hydrogens (tertiary/aromatic N) is 2. The Morgan fingerprint density at radius 2 is 1.50 bits per heavy atom. The van der Waals surface area contributed by atoms with Gasteiger partial charge in [-0.1, -0.05) is 24.4 Å². The van der Waals surface area contributed by atoms with E-state index < -0.39 is 7.00 Å². The summed E-state index contributed by atoms with van der Waals surface area (Å²) >= 11 is 10.1. The Morgan fingerprint density at radius 3 is 1.83 bits per heavy atom. The van der Waals surface area contributed by atoms with Crippen molar-refractivity contribution in [3.8, 4) is 0 Å². The van der Waals surface area contributed by atoms with Gasteiger partial charge in [0.15, 0.2) is 0 Å². The molecule has 0 radical (unpaired) electrons. The molecule has 0 aromatic heterocycles. The molecule has 0 saturated heterocycles. The normalized spacial score (nSPS) is 12.0. The second-order valence-electron chi connectivity index (χ2n) is 2.20. The van der Waals surface area contributed by atoms with Gasteiger partial charge in [-0.05, 0) is 21.6 Å². The van der Waals surface area contributed by atoms with E-state index >= 15 is 0 Å². The summed E-state index contributed by atoms with van der Waals surface area (Å²) in [6.45, 7) is -1.07. The topological polar surface area (TPSA) is 6.48 Å². The predicted octanol–water partition coefficient (Wildman–Crippen LogP) is 2.06. The van der Waals surface area contributed by atoms with Crippen LogP contribution in [0.2, 0.25) is 0 Å². The third-order valence-electron chi connectivity index (χ3n) is 0.837. The van der Waals surface area contributed by atoms with E-state index in [1.165, 1.54) is 26.5 Å². The zero-order valence-corrected chi connectivity index (χ0v) is 10.4. The average molecular weight is 244 g/mol. The molecule has 0 aliphatic carbocycles. The maximum Gasteiger partial charge on any atom is 0.146 e. The van der Waals surface area contributed by atoms with Gasteiger partial charge >= 0.3 is 0 Å². The van der Waals surface area contributed by atoms with Crippen LogP contribution in [-0.4, -0.2) is 46.6 Å². The molecule has 0 N–H and O–H groups in total. The van der Waals surface area contributed by atoms with Gasteiger partial charge in [0.05, 0.1) is 0 Å². The van der Waals surface area contributed by atoms with Crippen LogP contribution in [0.15, 0.2) is 0 Å². The Labute approximate surface area is 95.3 Å². The molecule has 0 amide bonds. The molecule has 0 heterocycles. The van der Waals surface area contributed by atoms with E-state index in [0.29, 0.717) is 4.32 Å². The first-order valence-corrected chi connectivity index (χ1v) is 6.00. The van der Waals surface area contributed by atoms with Crippen molar-refractivity contribution in [2.24, 2.45) is 0 Å². The van der Waals surface area contributed by atoms with Crippen LogP contribution < -0.4 is 0 Å². The van der Waals surface area contributed by atoms with E-state index in [4.69, 9.17) is 27.2 Å². The third kappa shape index (κ3) is 5.18. The summed E-state index contributed by atoms with van der Waals surface area (Å²) in [5.74, 6) is 0. The van der Waals surface area contributed by atoms with Crippen molar-refractivity contribution in [3.05, 3.63) is 0 Å². The lowest BCUT2D eigenvalue weighted by Crippen LogP contribution is -2.18. The highest BCUT2D eigenvalue weighted by Gasteiger charge is 2.04. The van der Waals surface area contributed by atoms with Crippen LogP contribution in [0.5, 0.6) is 0 Å². The first-order chi connectivity index (χ1) is 6.36. The molecule has 2 nitrogen and oxygen atoms in total. The number of hydrogen-bond donors (Lipinski definition) is 0. The fraction of sp³-hybridized carbons (Fsp3) is 0.667. The predicted molar refractivity (Wildman–Crippen MR) is 67.8 cm³/mol. The van der Waals surface area contributed by atoms with E-state index in [-0.39, 0.29) is 0 Å². The van der Waals surface area contributed by atoms with Crippen LogP contribution >= 0.6 is 46.0 Å². The lowest BCUT2D eigenvalue weighted by atomic mass is 11.0. The molecule has 0 bridgehead atoms. The van der Waals surface area contributed by atoms with Crippen LogP contribution in [0, 0.1) is 0 Å². The van der Waals surface area contributed by atoms with Crippen molar-refractivity contribution in [2.45, 2.75) is 0 Å². The molecule has 0 unspecified atom stereocenters. The summed E-state index contributed by atoms with van der Waals surface area (Å²) in [6.07, 6.45) is 0. The molecule has 0 atom stereocenters. The summed E-state index contributed by atoms with van der Waals surface area (Å²) in [6, 6.07) is 0. The highest BCUT2D eigenvalue weighted by Crippen LogP contribution is 2.26. The minimum atomic E-state index is -1.07. The molecule has 6 heteroatoms. The molecular weight excluding hydrogens is 228 g/mol. The molecule has 0 aliphatic heterocycles. The fourth-order valence-electron chi connectivity index (χ4n) is 0.205. The van der Waals surface area contributed by atoms with Crippen LogP contribution in [0.25, 0.3) is 0 Å². The summed E-state index contributed by atoms with van der Waals surface area (Å²) in [7, 11) is 8.01. The Balaban J connectivity index is 3.91. The van der Waals surface area contributed by atoms with Gasteiger partial charge in [0.25, 0.3) is 0 Å². The third-order valence-corrected chi connectivity index (χ3v) is 4.84. The minimum absolute atomic E-state index is 0.495. The van der Waals surface area contributed by atoms with Crippen LogP contribution in [0.3, 0.4) is 0 Å². The standard InChI is InChI=1S/C6H12N2S4/c1-7(2)5(9)11-12-6(10)8(3)4/h1-4H3/i1T2. The lowest BCUT2D eigenvalue weighted by molar-refractivity contribution is 0.647. The van der Waals surface area contributed by atoms with E-state index in [9.17, 15) is 0 Å². The van der Waals surface area contributed by atoms with Gasteiger partial charge in [-0.25, -0.2) is 0 Å². The van der Waals surface area contributed by atoms with E-state index in [1.54, 1.807) is 7.05 Å². The molecule has 0 aliphatic rings. The molecule has 0 spiro atoms. The van der Waals surface area contributed by atoms with Crippen LogP contribution in [0.4, 0.5) is 0 Å². The highest BCUT2D eigenvalue weighted by atomic mass is 33.1. The number of rotatable bonds is 0. The van der Waals surface area contributed by atoms with Gasteiger partial charge < -0.3 is 9.80 Å². The van der Waals surface area contributed by atoms with Gasteiger partial charge in [0.1, 0.15) is 8.64 Å². The second kappa shape index (κ2) is 6.01. The van der Waals surface area contributed by atoms with Crippen molar-refractivity contribution >= 4 is 54.7 Å². The molecular formula is C6H12N2S4. The minimum Gasteiger partial charge on any atom is -0.363 e. The molecule has 0 rings (SSSR count). The number of hydrogen-bond acceptors (Lipinski definition) is 4. The maximum atomic E-state index is 7.12. The first-order valence-electron chi connectivity index (χ1n) is 4.18. The molecule has 70 valence electrons. The van der Waals surface area contributed by atoms with Crippen LogP contribution in [-0.2, 0) is 0 Å². The van der Waals surface area contributed by atoms with Crippen molar-refractivity contribution < 1.29 is 2.74 Å². The summed E-state index contributed by atoms with van der Waals surface area (Å²) in [5.41, 5.74) is 0. The highest BCUT2D eigenvalue weighted by molar-refractivity contribution is 8.89. The van der Waals surface area contributed by atoms with Crippen LogP contribution in [0.1, 0.15) is 2.74 Å². The maximum absolute atomic E-state index is 7.12. The van der Waals surface area contributed by atoms with Gasteiger partial charge in [0, 0.05) is 30.9 Å². The summed E-state index contributed by atoms with van der Waals surface area (Å²) in [4.78, 5) is 3.21. The number of thiocarbonyl (C=S) groups is 2. The Hall–Kier alpha value is 0.480. The molecule has 0 saturated carbocycles. The molecule has 0 fully saturated rings. The van der Waals surface area contributed by atoms with E-state index in [1.807, 2.05) is 19.0 Å². The van der Waals surface area contributed by atoms with Crippen molar-refractivity contribution in [1.82, 2.24) is 9.80 Å². The zero-order chi connectivity index (χ0) is 11.3. The second-order valence-corrected chi connectivity index (χ2v) is 5.60. The lowest BCUT2D eigenvalue weighted by Gasteiger charge is -2.15. The molecule has 12 heavy (non-hydrogen) atoms. The van der Waals surface area contributed by atoms with E-state index in [2.05, 4.69) is 0 Å². The van der Waals surface area contributed by atoms with E-state index in [0.717, 1.165) is 4.32 Å². The SMILES string of the molecule is [3H]C([3H])N(C)C(=S)SSC(=S)N(C)C. The fourth-order valence-corrected chi connectivity index (χ4v) is 2.45. The van der Waals surface area contributed by atoms with Gasteiger partial charge in [-0.15, -0.1) is 0 Å². The Morgan fingerprint density at radius 1 is 1.08 bits per heavy atom. The van der Waals surface area contributed by atoms with Gasteiger partial charge in [-0.2, -0.15) is 0 Å². The molecule has 0 aromatic carbocycles. The largest absolute Gasteiger partial charge is 0.363 e. The zero-order valence-electron chi connectivity index (χ0n) is 9.10. The quantitative estimate of drug-likeness (QED) is 0.472. The molecule has 0 aromatic rings. The average Bonchev–Trinajstić information content (AvgIpc) is 2.11. The summed E-state index contributed by atoms with van der Waals surface area (Å²) < 4.78 is 15.5. The van der Waals surface area contributed by atoms with Crippen molar-refractivity contribution in [3.63, 3.8) is 0 Å². The Kier molecular flexibility index (Phi) is 4.54. The first kappa shape index (κ1) is 9.05. The smallest absolute Gasteiger partial charge is 0.146 e. The Bertz CT molecular complexity index is 222. The van der Waals surface area contributed by atoms with Gasteiger partial charge in [-0.3, -0.25) is 0 Å². The van der Waals surface area contributed by atoms with Crippen molar-refractivity contribution in [2.75, 3.05) is 28.1 Å². The van der Waals surface area contributed by atoms with Crippen molar-refractivity contribution in [1.29, 1.82) is 0 Å². The summed E-state index contributed by atoms with van der Waals surface area (Å²) in [5, 5.41) is 0.